The first-order valence-electron chi connectivity index (χ1n) is 11.9. The second-order valence-corrected chi connectivity index (χ2v) is 11.5. The van der Waals surface area contributed by atoms with Gasteiger partial charge in [-0.1, -0.05) is 24.6 Å². The number of sulfonamides is 1. The third kappa shape index (κ3) is 6.10. The second kappa shape index (κ2) is 9.89. The van der Waals surface area contributed by atoms with Crippen LogP contribution < -0.4 is 9.46 Å². The highest BCUT2D eigenvalue weighted by Gasteiger charge is 2.31. The van der Waals surface area contributed by atoms with Crippen molar-refractivity contribution < 1.29 is 26.3 Å². The molecule has 10 heteroatoms. The minimum atomic E-state index is -4.42. The Morgan fingerprint density at radius 2 is 1.75 bits per heavy atom. The first-order valence-corrected chi connectivity index (χ1v) is 13.6. The summed E-state index contributed by atoms with van der Waals surface area (Å²) in [6.45, 7) is 6.03. The SMILES string of the molecule is CCn1nc(-c2cccc(C(C)(C)NS(=O)(=O)CC3CCC3)c2)cc1Oc1ccc(C(F)(F)F)cc1. The number of ether oxygens (including phenoxy) is 1. The maximum atomic E-state index is 12.8. The van der Waals surface area contributed by atoms with E-state index in [4.69, 9.17) is 4.74 Å². The van der Waals surface area contributed by atoms with E-state index in [1.807, 2.05) is 45.0 Å². The van der Waals surface area contributed by atoms with E-state index in [0.717, 1.165) is 42.5 Å². The van der Waals surface area contributed by atoms with Gasteiger partial charge in [0.15, 0.2) is 0 Å². The number of halogens is 3. The molecule has 1 saturated carbocycles. The number of hydrogen-bond acceptors (Lipinski definition) is 4. The van der Waals surface area contributed by atoms with Gasteiger partial charge in [0.25, 0.3) is 0 Å². The molecule has 0 bridgehead atoms. The zero-order valence-electron chi connectivity index (χ0n) is 20.5. The Balaban J connectivity index is 1.55. The second-order valence-electron chi connectivity index (χ2n) is 9.69. The highest BCUT2D eigenvalue weighted by molar-refractivity contribution is 7.89. The average Bonchev–Trinajstić information content (AvgIpc) is 3.18. The van der Waals surface area contributed by atoms with Crippen molar-refractivity contribution in [3.63, 3.8) is 0 Å². The van der Waals surface area contributed by atoms with Crippen molar-refractivity contribution in [2.75, 3.05) is 5.75 Å². The van der Waals surface area contributed by atoms with Gasteiger partial charge in [0.1, 0.15) is 5.75 Å². The lowest BCUT2D eigenvalue weighted by atomic mass is 9.87. The molecule has 0 spiro atoms. The van der Waals surface area contributed by atoms with E-state index in [1.165, 1.54) is 12.1 Å². The van der Waals surface area contributed by atoms with Gasteiger partial charge in [-0.3, -0.25) is 0 Å². The first-order chi connectivity index (χ1) is 16.9. The molecule has 3 aromatic rings. The summed E-state index contributed by atoms with van der Waals surface area (Å²) in [5, 5.41) is 4.58. The molecule has 0 aliphatic heterocycles. The topological polar surface area (TPSA) is 73.2 Å². The predicted octanol–water partition coefficient (Wildman–Crippen LogP) is 6.34. The molecular weight excluding hydrogens is 491 g/mol. The molecule has 1 N–H and O–H groups in total. The Morgan fingerprint density at radius 3 is 2.33 bits per heavy atom. The maximum Gasteiger partial charge on any atom is 0.416 e. The molecule has 1 fully saturated rings. The molecule has 6 nitrogen and oxygen atoms in total. The molecule has 1 aliphatic rings. The van der Waals surface area contributed by atoms with Crippen LogP contribution in [-0.4, -0.2) is 24.0 Å². The van der Waals surface area contributed by atoms with E-state index in [2.05, 4.69) is 9.82 Å². The predicted molar refractivity (Wildman–Crippen MR) is 132 cm³/mol. The van der Waals surface area contributed by atoms with Gasteiger partial charge in [0, 0.05) is 18.2 Å². The van der Waals surface area contributed by atoms with Crippen LogP contribution in [0.15, 0.2) is 54.6 Å². The number of aryl methyl sites for hydroxylation is 1. The van der Waals surface area contributed by atoms with Gasteiger partial charge in [0.05, 0.1) is 22.5 Å². The third-order valence-electron chi connectivity index (χ3n) is 6.42. The standard InChI is InChI=1S/C26H30F3N3O3S/c1-4-32-24(35-22-13-11-20(12-14-22)26(27,28)29)16-23(30-32)19-9-6-10-21(15-19)25(2,3)31-36(33,34)17-18-7-5-8-18/h6,9-16,18,31H,4-5,7-8,17H2,1-3H3. The van der Waals surface area contributed by atoms with Crippen LogP contribution >= 0.6 is 0 Å². The van der Waals surface area contributed by atoms with Crippen molar-refractivity contribution in [1.82, 2.24) is 14.5 Å². The molecule has 2 aromatic carbocycles. The van der Waals surface area contributed by atoms with Crippen molar-refractivity contribution in [2.45, 2.75) is 58.3 Å². The highest BCUT2D eigenvalue weighted by Crippen LogP contribution is 2.34. The Bertz CT molecular complexity index is 1310. The fourth-order valence-corrected chi connectivity index (χ4v) is 6.14. The lowest BCUT2D eigenvalue weighted by molar-refractivity contribution is -0.137. The van der Waals surface area contributed by atoms with Crippen molar-refractivity contribution in [1.29, 1.82) is 0 Å². The zero-order valence-corrected chi connectivity index (χ0v) is 21.3. The lowest BCUT2D eigenvalue weighted by Gasteiger charge is -2.30. The molecule has 4 rings (SSSR count). The number of aromatic nitrogens is 2. The van der Waals surface area contributed by atoms with E-state index in [1.54, 1.807) is 10.7 Å². The molecule has 1 aliphatic carbocycles. The van der Waals surface area contributed by atoms with E-state index >= 15 is 0 Å². The summed E-state index contributed by atoms with van der Waals surface area (Å²) in [4.78, 5) is 0. The Hall–Kier alpha value is -2.85. The molecule has 1 heterocycles. The van der Waals surface area contributed by atoms with Crippen LogP contribution in [0, 0.1) is 5.92 Å². The smallest absolute Gasteiger partial charge is 0.416 e. The summed E-state index contributed by atoms with van der Waals surface area (Å²) in [5.74, 6) is 1.02. The number of alkyl halides is 3. The van der Waals surface area contributed by atoms with Crippen molar-refractivity contribution in [3.8, 4) is 22.9 Å². The van der Waals surface area contributed by atoms with Gasteiger partial charge in [-0.2, -0.15) is 18.3 Å². The van der Waals surface area contributed by atoms with Crippen LogP contribution in [0.25, 0.3) is 11.3 Å². The molecule has 0 amide bonds. The van der Waals surface area contributed by atoms with Gasteiger partial charge in [-0.25, -0.2) is 17.8 Å². The molecule has 36 heavy (non-hydrogen) atoms. The quantitative estimate of drug-likeness (QED) is 0.357. The fourth-order valence-electron chi connectivity index (χ4n) is 4.21. The van der Waals surface area contributed by atoms with E-state index < -0.39 is 27.3 Å². The minimum Gasteiger partial charge on any atom is -0.439 e. The van der Waals surface area contributed by atoms with Gasteiger partial charge >= 0.3 is 6.18 Å². The van der Waals surface area contributed by atoms with Crippen molar-refractivity contribution >= 4 is 10.0 Å². The van der Waals surface area contributed by atoms with Gasteiger partial charge < -0.3 is 4.74 Å². The van der Waals surface area contributed by atoms with E-state index in [-0.39, 0.29) is 17.4 Å². The Kier molecular flexibility index (Phi) is 7.21. The minimum absolute atomic E-state index is 0.141. The van der Waals surface area contributed by atoms with Crippen LogP contribution in [0.5, 0.6) is 11.6 Å². The number of hydrogen-bond donors (Lipinski definition) is 1. The first kappa shape index (κ1) is 26.2. The fraction of sp³-hybridized carbons (Fsp3) is 0.423. The maximum absolute atomic E-state index is 12.8. The Labute approximate surface area is 209 Å². The molecule has 1 aromatic heterocycles. The number of benzene rings is 2. The summed E-state index contributed by atoms with van der Waals surface area (Å²) in [6, 6.07) is 13.7. The Morgan fingerprint density at radius 1 is 1.06 bits per heavy atom. The number of rotatable bonds is 9. The lowest BCUT2D eigenvalue weighted by Crippen LogP contribution is -2.43. The third-order valence-corrected chi connectivity index (χ3v) is 8.15. The molecule has 0 saturated heterocycles. The molecular formula is C26H30F3N3O3S. The summed E-state index contributed by atoms with van der Waals surface area (Å²) in [6.07, 6.45) is -1.43. The van der Waals surface area contributed by atoms with Crippen LogP contribution in [0.4, 0.5) is 13.2 Å². The van der Waals surface area contributed by atoms with Crippen molar-refractivity contribution in [2.24, 2.45) is 5.92 Å². The normalized spacial score (nSPS) is 15.1. The molecule has 194 valence electrons. The summed E-state index contributed by atoms with van der Waals surface area (Å²) < 4.78 is 74.2. The van der Waals surface area contributed by atoms with Gasteiger partial charge in [0.2, 0.25) is 15.9 Å². The molecule has 0 atom stereocenters. The van der Waals surface area contributed by atoms with Crippen LogP contribution in [0.2, 0.25) is 0 Å². The van der Waals surface area contributed by atoms with Crippen LogP contribution in [0.3, 0.4) is 0 Å². The average molecular weight is 522 g/mol. The summed E-state index contributed by atoms with van der Waals surface area (Å²) in [7, 11) is -3.44. The number of nitrogens with one attached hydrogen (secondary N) is 1. The van der Waals surface area contributed by atoms with Crippen molar-refractivity contribution in [3.05, 3.63) is 65.7 Å². The van der Waals surface area contributed by atoms with Crippen LogP contribution in [-0.2, 0) is 28.3 Å². The summed E-state index contributed by atoms with van der Waals surface area (Å²) >= 11 is 0. The van der Waals surface area contributed by atoms with E-state index in [9.17, 15) is 21.6 Å². The van der Waals surface area contributed by atoms with Gasteiger partial charge in [-0.15, -0.1) is 0 Å². The zero-order chi connectivity index (χ0) is 26.1. The summed E-state index contributed by atoms with van der Waals surface area (Å²) in [5.41, 5.74) is 0.582. The highest BCUT2D eigenvalue weighted by atomic mass is 32.2. The van der Waals surface area contributed by atoms with E-state index in [0.29, 0.717) is 18.1 Å². The van der Waals surface area contributed by atoms with Crippen LogP contribution in [0.1, 0.15) is 51.2 Å². The molecule has 0 unspecified atom stereocenters. The largest absolute Gasteiger partial charge is 0.439 e. The molecule has 0 radical (unpaired) electrons. The monoisotopic (exact) mass is 521 g/mol. The van der Waals surface area contributed by atoms with Gasteiger partial charge in [-0.05, 0) is 75.4 Å². The number of nitrogens with zero attached hydrogens (tertiary/aromatic N) is 2.